The molecule has 3 heterocycles. The summed E-state index contributed by atoms with van der Waals surface area (Å²) >= 11 is 1.37. The molecule has 33 heavy (non-hydrogen) atoms. The van der Waals surface area contributed by atoms with E-state index in [4.69, 9.17) is 0 Å². The molecular formula is C23H16F3N5OS. The van der Waals surface area contributed by atoms with E-state index in [1.807, 2.05) is 6.92 Å². The van der Waals surface area contributed by atoms with Crippen molar-refractivity contribution in [2.24, 2.45) is 0 Å². The maximum Gasteiger partial charge on any atom is 0.417 e. The van der Waals surface area contributed by atoms with Crippen molar-refractivity contribution in [1.29, 1.82) is 0 Å². The SMILES string of the molecule is C[C@H](Nc1ncnc2scnc12)c1cc2cccc(C(F)(F)F)c2c(=O)n1-c1ccccc1. The van der Waals surface area contributed by atoms with Crippen molar-refractivity contribution in [2.75, 3.05) is 5.32 Å². The van der Waals surface area contributed by atoms with Crippen molar-refractivity contribution in [3.8, 4) is 5.69 Å². The van der Waals surface area contributed by atoms with E-state index in [1.165, 1.54) is 34.4 Å². The number of pyridine rings is 1. The van der Waals surface area contributed by atoms with Crippen molar-refractivity contribution >= 4 is 38.3 Å². The molecule has 6 nitrogen and oxygen atoms in total. The van der Waals surface area contributed by atoms with E-state index in [2.05, 4.69) is 20.3 Å². The van der Waals surface area contributed by atoms with Crippen LogP contribution in [0.1, 0.15) is 24.2 Å². The van der Waals surface area contributed by atoms with E-state index < -0.39 is 23.3 Å². The van der Waals surface area contributed by atoms with Crippen LogP contribution in [0.2, 0.25) is 0 Å². The van der Waals surface area contributed by atoms with E-state index in [1.54, 1.807) is 41.9 Å². The molecule has 1 N–H and O–H groups in total. The standard InChI is InChI=1S/C23H16F3N5OS/c1-13(30-20-19-21(28-11-27-20)33-12-29-19)17-10-14-6-5-9-16(23(24,25)26)18(14)22(32)31(17)15-7-3-2-4-8-15/h2-13H,1H3,(H,27,28,30)/t13-/m0/s1. The van der Waals surface area contributed by atoms with Gasteiger partial charge in [0.05, 0.1) is 22.5 Å². The largest absolute Gasteiger partial charge is 0.417 e. The van der Waals surface area contributed by atoms with Crippen LogP contribution in [0, 0.1) is 0 Å². The highest BCUT2D eigenvalue weighted by Gasteiger charge is 2.34. The number of fused-ring (bicyclic) bond motifs is 2. The van der Waals surface area contributed by atoms with Gasteiger partial charge < -0.3 is 5.32 Å². The average Bonchev–Trinajstić information content (AvgIpc) is 3.28. The number of anilines is 1. The third-order valence-electron chi connectivity index (χ3n) is 5.33. The molecule has 0 spiro atoms. The monoisotopic (exact) mass is 467 g/mol. The topological polar surface area (TPSA) is 72.7 Å². The Kier molecular flexibility index (Phi) is 5.09. The number of thiazole rings is 1. The number of hydrogen-bond acceptors (Lipinski definition) is 6. The lowest BCUT2D eigenvalue weighted by Crippen LogP contribution is -2.27. The maximum atomic E-state index is 13.7. The fourth-order valence-corrected chi connectivity index (χ4v) is 4.49. The van der Waals surface area contributed by atoms with Crippen LogP contribution in [-0.4, -0.2) is 19.5 Å². The molecule has 2 aromatic carbocycles. The molecular weight excluding hydrogens is 451 g/mol. The minimum atomic E-state index is -4.66. The van der Waals surface area contributed by atoms with Crippen LogP contribution in [0.25, 0.3) is 26.8 Å². The Morgan fingerprint density at radius 1 is 1.03 bits per heavy atom. The molecule has 1 atom stereocenters. The Morgan fingerprint density at radius 2 is 1.82 bits per heavy atom. The fourth-order valence-electron chi connectivity index (χ4n) is 3.86. The van der Waals surface area contributed by atoms with E-state index in [9.17, 15) is 18.0 Å². The predicted octanol–water partition coefficient (Wildman–Crippen LogP) is 5.58. The first-order chi connectivity index (χ1) is 15.8. The summed E-state index contributed by atoms with van der Waals surface area (Å²) in [6.45, 7) is 1.81. The van der Waals surface area contributed by atoms with Crippen LogP contribution in [-0.2, 0) is 6.18 Å². The third kappa shape index (κ3) is 3.72. The predicted molar refractivity (Wildman–Crippen MR) is 122 cm³/mol. The van der Waals surface area contributed by atoms with E-state index in [0.29, 0.717) is 27.5 Å². The number of halogens is 3. The van der Waals surface area contributed by atoms with Gasteiger partial charge in [-0.1, -0.05) is 30.3 Å². The fraction of sp³-hybridized carbons (Fsp3) is 0.130. The third-order valence-corrected chi connectivity index (χ3v) is 6.06. The summed E-state index contributed by atoms with van der Waals surface area (Å²) in [5.41, 5.74) is 1.50. The number of alkyl halides is 3. The van der Waals surface area contributed by atoms with Crippen LogP contribution in [0.4, 0.5) is 19.0 Å². The minimum Gasteiger partial charge on any atom is -0.360 e. The van der Waals surface area contributed by atoms with Gasteiger partial charge in [0.25, 0.3) is 5.56 Å². The van der Waals surface area contributed by atoms with Crippen molar-refractivity contribution in [3.63, 3.8) is 0 Å². The first-order valence-corrected chi connectivity index (χ1v) is 10.8. The van der Waals surface area contributed by atoms with Crippen LogP contribution < -0.4 is 10.9 Å². The lowest BCUT2D eigenvalue weighted by Gasteiger charge is -2.22. The second-order valence-corrected chi connectivity index (χ2v) is 8.24. The molecule has 5 aromatic rings. The molecule has 3 aromatic heterocycles. The highest BCUT2D eigenvalue weighted by molar-refractivity contribution is 7.16. The zero-order valence-corrected chi connectivity index (χ0v) is 18.0. The molecule has 0 amide bonds. The number of nitrogens with zero attached hydrogens (tertiary/aromatic N) is 4. The Labute approximate surface area is 189 Å². The molecule has 0 aliphatic rings. The van der Waals surface area contributed by atoms with Gasteiger partial charge in [-0.05, 0) is 36.6 Å². The van der Waals surface area contributed by atoms with Crippen LogP contribution in [0.3, 0.4) is 0 Å². The van der Waals surface area contributed by atoms with E-state index >= 15 is 0 Å². The van der Waals surface area contributed by atoms with Crippen LogP contribution in [0.5, 0.6) is 0 Å². The number of benzene rings is 2. The van der Waals surface area contributed by atoms with Crippen molar-refractivity contribution < 1.29 is 13.2 Å². The molecule has 10 heteroatoms. The second-order valence-electron chi connectivity index (χ2n) is 7.41. The number of aromatic nitrogens is 4. The van der Waals surface area contributed by atoms with E-state index in [0.717, 1.165) is 6.07 Å². The molecule has 0 aliphatic carbocycles. The maximum absolute atomic E-state index is 13.7. The second kappa shape index (κ2) is 7.96. The Hall–Kier alpha value is -3.79. The van der Waals surface area contributed by atoms with E-state index in [-0.39, 0.29) is 10.8 Å². The summed E-state index contributed by atoms with van der Waals surface area (Å²) in [6, 6.07) is 13.5. The minimum absolute atomic E-state index is 0.215. The number of hydrogen-bond donors (Lipinski definition) is 1. The summed E-state index contributed by atoms with van der Waals surface area (Å²) < 4.78 is 42.5. The molecule has 0 saturated carbocycles. The van der Waals surface area contributed by atoms with Gasteiger partial charge in [0.2, 0.25) is 0 Å². The lowest BCUT2D eigenvalue weighted by atomic mass is 10.0. The van der Waals surface area contributed by atoms with Gasteiger partial charge in [0.1, 0.15) is 16.7 Å². The van der Waals surface area contributed by atoms with Gasteiger partial charge in [-0.3, -0.25) is 9.36 Å². The average molecular weight is 467 g/mol. The zero-order chi connectivity index (χ0) is 23.2. The zero-order valence-electron chi connectivity index (χ0n) is 17.2. The van der Waals surface area contributed by atoms with Crippen molar-refractivity contribution in [1.82, 2.24) is 19.5 Å². The van der Waals surface area contributed by atoms with Gasteiger partial charge in [0, 0.05) is 11.4 Å². The Morgan fingerprint density at radius 3 is 2.58 bits per heavy atom. The van der Waals surface area contributed by atoms with Gasteiger partial charge >= 0.3 is 6.18 Å². The highest BCUT2D eigenvalue weighted by atomic mass is 32.1. The van der Waals surface area contributed by atoms with Gasteiger partial charge in [-0.2, -0.15) is 13.2 Å². The molecule has 0 fully saturated rings. The molecule has 0 unspecified atom stereocenters. The molecule has 0 saturated heterocycles. The molecule has 166 valence electrons. The number of para-hydroxylation sites is 1. The van der Waals surface area contributed by atoms with Gasteiger partial charge in [0.15, 0.2) is 5.82 Å². The first-order valence-electron chi connectivity index (χ1n) is 9.96. The molecule has 5 rings (SSSR count). The van der Waals surface area contributed by atoms with Crippen molar-refractivity contribution in [2.45, 2.75) is 19.1 Å². The molecule has 0 radical (unpaired) electrons. The summed E-state index contributed by atoms with van der Waals surface area (Å²) in [5.74, 6) is 0.477. The normalized spacial score (nSPS) is 12.8. The lowest BCUT2D eigenvalue weighted by molar-refractivity contribution is -0.136. The highest BCUT2D eigenvalue weighted by Crippen LogP contribution is 2.35. The van der Waals surface area contributed by atoms with Gasteiger partial charge in [-0.25, -0.2) is 15.0 Å². The van der Waals surface area contributed by atoms with Crippen LogP contribution in [0.15, 0.2) is 71.2 Å². The first kappa shape index (κ1) is 21.1. The Balaban J connectivity index is 1.74. The summed E-state index contributed by atoms with van der Waals surface area (Å²) in [5, 5.41) is 3.09. The van der Waals surface area contributed by atoms with Crippen molar-refractivity contribution in [3.05, 3.63) is 88.0 Å². The molecule has 0 aliphatic heterocycles. The van der Waals surface area contributed by atoms with Crippen LogP contribution >= 0.6 is 11.3 Å². The van der Waals surface area contributed by atoms with Gasteiger partial charge in [-0.15, -0.1) is 11.3 Å². The molecule has 0 bridgehead atoms. The number of rotatable bonds is 4. The quantitative estimate of drug-likeness (QED) is 0.374. The summed E-state index contributed by atoms with van der Waals surface area (Å²) in [7, 11) is 0. The summed E-state index contributed by atoms with van der Waals surface area (Å²) in [4.78, 5) is 27.0. The Bertz CT molecular complexity index is 1530. The summed E-state index contributed by atoms with van der Waals surface area (Å²) in [6.07, 6.45) is -3.24. The number of nitrogens with one attached hydrogen (secondary N) is 1. The smallest absolute Gasteiger partial charge is 0.360 e.